The van der Waals surface area contributed by atoms with Crippen molar-refractivity contribution in [2.75, 3.05) is 0 Å². The molecule has 0 aromatic carbocycles. The van der Waals surface area contributed by atoms with Gasteiger partial charge in [-0.05, 0) is 12.1 Å². The van der Waals surface area contributed by atoms with Gasteiger partial charge in [0.25, 0.3) is 0 Å². The molecule has 0 nitrogen and oxygen atoms in total. The van der Waals surface area contributed by atoms with Crippen LogP contribution in [-0.2, 0) is 0 Å². The fraction of sp³-hybridized carbons (Fsp3) is 1.00. The molecule has 0 aliphatic carbocycles. The van der Waals surface area contributed by atoms with Crippen LogP contribution in [0, 0.1) is 0 Å². The maximum atomic E-state index is 13.5. The lowest BCUT2D eigenvalue weighted by Crippen LogP contribution is -2.29. The standard InChI is InChI=1S/C12H26F4Si2/c1-3-5-7-9-17(13,14)11-12-18(15,16)10-8-6-4-2/h3-12H2,1-2H3. The average molecular weight is 303 g/mol. The Balaban J connectivity index is 3.88. The molecule has 0 N–H and O–H groups in total. The first kappa shape index (κ1) is 18.2. The summed E-state index contributed by atoms with van der Waals surface area (Å²) in [4.78, 5) is 0. The van der Waals surface area contributed by atoms with Crippen LogP contribution in [0.2, 0.25) is 24.2 Å². The molecule has 0 fully saturated rings. The molecule has 0 heterocycles. The van der Waals surface area contributed by atoms with Crippen molar-refractivity contribution >= 4 is 17.5 Å². The predicted octanol–water partition coefficient (Wildman–Crippen LogP) is 6.13. The summed E-state index contributed by atoms with van der Waals surface area (Å²) < 4.78 is 54.0. The first-order chi connectivity index (χ1) is 8.33. The van der Waals surface area contributed by atoms with Crippen molar-refractivity contribution in [3.05, 3.63) is 0 Å². The largest absolute Gasteiger partial charge is 0.424 e. The second kappa shape index (κ2) is 9.12. The van der Waals surface area contributed by atoms with Gasteiger partial charge in [0.1, 0.15) is 0 Å². The van der Waals surface area contributed by atoms with Crippen LogP contribution in [0.1, 0.15) is 52.4 Å². The van der Waals surface area contributed by atoms with Gasteiger partial charge in [-0.3, -0.25) is 16.4 Å². The molecule has 0 bridgehead atoms. The topological polar surface area (TPSA) is 0 Å². The zero-order valence-corrected chi connectivity index (χ0v) is 13.6. The molecule has 0 unspecified atom stereocenters. The number of rotatable bonds is 11. The van der Waals surface area contributed by atoms with Crippen LogP contribution in [0.3, 0.4) is 0 Å². The molecule has 110 valence electrons. The Morgan fingerprint density at radius 1 is 0.556 bits per heavy atom. The lowest BCUT2D eigenvalue weighted by atomic mass is 10.3. The fourth-order valence-corrected chi connectivity index (χ4v) is 6.84. The number of hydrogen-bond donors (Lipinski definition) is 0. The zero-order chi connectivity index (χ0) is 14.1. The maximum Gasteiger partial charge on any atom is 0.424 e. The molecular weight excluding hydrogens is 276 g/mol. The summed E-state index contributed by atoms with van der Waals surface area (Å²) in [6.07, 6.45) is 4.36. The molecule has 0 aliphatic heterocycles. The van der Waals surface area contributed by atoms with E-state index in [4.69, 9.17) is 0 Å². The monoisotopic (exact) mass is 302 g/mol. The quantitative estimate of drug-likeness (QED) is 0.186. The van der Waals surface area contributed by atoms with E-state index in [1.807, 2.05) is 13.8 Å². The molecule has 6 heteroatoms. The molecule has 0 aliphatic rings. The minimum absolute atomic E-state index is 0.0969. The molecule has 0 saturated heterocycles. The van der Waals surface area contributed by atoms with Gasteiger partial charge < -0.3 is 0 Å². The average Bonchev–Trinajstić information content (AvgIpc) is 2.27. The zero-order valence-electron chi connectivity index (χ0n) is 11.6. The minimum Gasteiger partial charge on any atom is -0.270 e. The van der Waals surface area contributed by atoms with E-state index in [1.54, 1.807) is 0 Å². The Morgan fingerprint density at radius 2 is 0.889 bits per heavy atom. The first-order valence-electron chi connectivity index (χ1n) is 7.08. The summed E-state index contributed by atoms with van der Waals surface area (Å²) in [7, 11) is -8.69. The lowest BCUT2D eigenvalue weighted by molar-refractivity contribution is 0.547. The van der Waals surface area contributed by atoms with Gasteiger partial charge in [-0.15, -0.1) is 0 Å². The molecule has 18 heavy (non-hydrogen) atoms. The Morgan fingerprint density at radius 3 is 1.17 bits per heavy atom. The van der Waals surface area contributed by atoms with Crippen molar-refractivity contribution in [3.8, 4) is 0 Å². The maximum absolute atomic E-state index is 13.5. The highest BCUT2D eigenvalue weighted by atomic mass is 28.4. The van der Waals surface area contributed by atoms with E-state index in [2.05, 4.69) is 0 Å². The van der Waals surface area contributed by atoms with Crippen LogP contribution in [-0.4, -0.2) is 17.5 Å². The molecule has 0 saturated carbocycles. The number of halogens is 4. The molecule has 0 aromatic rings. The molecular formula is C12H26F4Si2. The molecule has 0 atom stereocenters. The molecule has 0 radical (unpaired) electrons. The third kappa shape index (κ3) is 10.1. The van der Waals surface area contributed by atoms with Crippen molar-refractivity contribution in [2.24, 2.45) is 0 Å². The fourth-order valence-electron chi connectivity index (χ4n) is 1.88. The predicted molar refractivity (Wildman–Crippen MR) is 74.2 cm³/mol. The van der Waals surface area contributed by atoms with Crippen LogP contribution >= 0.6 is 0 Å². The Bertz CT molecular complexity index is 188. The van der Waals surface area contributed by atoms with E-state index in [0.29, 0.717) is 12.8 Å². The van der Waals surface area contributed by atoms with E-state index < -0.39 is 29.6 Å². The highest BCUT2D eigenvalue weighted by molar-refractivity contribution is 6.71. The van der Waals surface area contributed by atoms with Gasteiger partial charge in [0.15, 0.2) is 0 Å². The Labute approximate surface area is 111 Å². The van der Waals surface area contributed by atoms with E-state index >= 15 is 0 Å². The molecule has 0 spiro atoms. The van der Waals surface area contributed by atoms with Crippen molar-refractivity contribution in [2.45, 2.75) is 76.5 Å². The van der Waals surface area contributed by atoms with Gasteiger partial charge in [-0.1, -0.05) is 52.4 Å². The lowest BCUT2D eigenvalue weighted by Gasteiger charge is -2.16. The summed E-state index contributed by atoms with van der Waals surface area (Å²) in [5.41, 5.74) is 0. The van der Waals surface area contributed by atoms with Crippen molar-refractivity contribution < 1.29 is 16.4 Å². The highest BCUT2D eigenvalue weighted by Gasteiger charge is 2.42. The number of hydrogen-bond acceptors (Lipinski definition) is 0. The summed E-state index contributed by atoms with van der Waals surface area (Å²) in [5, 5.41) is 0. The SMILES string of the molecule is CCCCC[Si](F)(F)CC[Si](F)(F)CCCCC. The van der Waals surface area contributed by atoms with Gasteiger partial charge in [0.05, 0.1) is 0 Å². The smallest absolute Gasteiger partial charge is 0.270 e. The summed E-state index contributed by atoms with van der Waals surface area (Å²) in [5.74, 6) is 0. The first-order valence-corrected chi connectivity index (χ1v) is 11.4. The van der Waals surface area contributed by atoms with Crippen LogP contribution in [0.4, 0.5) is 16.4 Å². The van der Waals surface area contributed by atoms with Crippen LogP contribution in [0.5, 0.6) is 0 Å². The normalized spacial score (nSPS) is 13.0. The Hall–Kier alpha value is 0.154. The van der Waals surface area contributed by atoms with Gasteiger partial charge in [0.2, 0.25) is 0 Å². The highest BCUT2D eigenvalue weighted by Crippen LogP contribution is 2.31. The summed E-state index contributed by atoms with van der Waals surface area (Å²) in [6, 6.07) is -1.16. The van der Waals surface area contributed by atoms with Gasteiger partial charge >= 0.3 is 17.5 Å². The van der Waals surface area contributed by atoms with Crippen LogP contribution in [0.25, 0.3) is 0 Å². The summed E-state index contributed by atoms with van der Waals surface area (Å²) in [6.45, 7) is 3.91. The molecule has 0 aromatic heterocycles. The minimum atomic E-state index is -4.34. The van der Waals surface area contributed by atoms with Crippen LogP contribution in [0.15, 0.2) is 0 Å². The van der Waals surface area contributed by atoms with E-state index in [1.165, 1.54) is 0 Å². The van der Waals surface area contributed by atoms with E-state index in [9.17, 15) is 16.4 Å². The molecule has 0 amide bonds. The van der Waals surface area contributed by atoms with E-state index in [-0.39, 0.29) is 12.1 Å². The van der Waals surface area contributed by atoms with Crippen molar-refractivity contribution in [3.63, 3.8) is 0 Å². The third-order valence-electron chi connectivity index (χ3n) is 3.15. The number of unbranched alkanes of at least 4 members (excludes halogenated alkanes) is 4. The van der Waals surface area contributed by atoms with Gasteiger partial charge in [0, 0.05) is 12.1 Å². The Kier molecular flexibility index (Phi) is 9.20. The van der Waals surface area contributed by atoms with Crippen molar-refractivity contribution in [1.29, 1.82) is 0 Å². The van der Waals surface area contributed by atoms with Crippen LogP contribution < -0.4 is 0 Å². The van der Waals surface area contributed by atoms with Crippen molar-refractivity contribution in [1.82, 2.24) is 0 Å². The second-order valence-corrected chi connectivity index (χ2v) is 10.5. The summed E-state index contributed by atoms with van der Waals surface area (Å²) >= 11 is 0. The van der Waals surface area contributed by atoms with E-state index in [0.717, 1.165) is 25.7 Å². The van der Waals surface area contributed by atoms with Gasteiger partial charge in [-0.2, -0.15) is 0 Å². The molecule has 0 rings (SSSR count). The third-order valence-corrected chi connectivity index (χ3v) is 7.78. The van der Waals surface area contributed by atoms with Gasteiger partial charge in [-0.25, -0.2) is 0 Å². The second-order valence-electron chi connectivity index (χ2n) is 5.13.